The lowest BCUT2D eigenvalue weighted by Crippen LogP contribution is -2.45. The molecule has 2 aliphatic heterocycles. The Kier molecular flexibility index (Phi) is 9.59. The molecular formula is C64H46N4. The summed E-state index contributed by atoms with van der Waals surface area (Å²) < 4.78 is 0. The van der Waals surface area contributed by atoms with Gasteiger partial charge < -0.3 is 10.2 Å². The Morgan fingerprint density at radius 2 is 0.853 bits per heavy atom. The van der Waals surface area contributed by atoms with Crippen LogP contribution in [-0.4, -0.2) is 5.84 Å². The summed E-state index contributed by atoms with van der Waals surface area (Å²) in [5, 5.41) is 7.84. The third-order valence-corrected chi connectivity index (χ3v) is 14.2. The molecule has 0 amide bonds. The van der Waals surface area contributed by atoms with Crippen LogP contribution in [0.4, 0.5) is 17.1 Å². The predicted molar refractivity (Wildman–Crippen MR) is 279 cm³/mol. The van der Waals surface area contributed by atoms with Crippen LogP contribution >= 0.6 is 0 Å². The Morgan fingerprint density at radius 3 is 1.51 bits per heavy atom. The van der Waals surface area contributed by atoms with Crippen LogP contribution in [0.5, 0.6) is 0 Å². The van der Waals surface area contributed by atoms with E-state index in [1.807, 2.05) is 0 Å². The molecule has 13 rings (SSSR count). The van der Waals surface area contributed by atoms with Gasteiger partial charge in [0.25, 0.3) is 0 Å². The molecule has 2 atom stereocenters. The molecule has 4 heteroatoms. The predicted octanol–water partition coefficient (Wildman–Crippen LogP) is 15.2. The quantitative estimate of drug-likeness (QED) is 0.168. The molecule has 68 heavy (non-hydrogen) atoms. The lowest BCUT2D eigenvalue weighted by molar-refractivity contribution is 0.409. The van der Waals surface area contributed by atoms with Crippen LogP contribution in [0.25, 0.3) is 44.5 Å². The molecule has 0 fully saturated rings. The van der Waals surface area contributed by atoms with Gasteiger partial charge in [0.2, 0.25) is 0 Å². The normalized spacial score (nSPS) is 16.2. The van der Waals surface area contributed by atoms with Crippen molar-refractivity contribution in [3.8, 4) is 44.5 Å². The minimum atomic E-state index is -0.566. The first-order valence-electron chi connectivity index (χ1n) is 23.5. The molecule has 2 N–H and O–H groups in total. The van der Waals surface area contributed by atoms with Crippen molar-refractivity contribution in [3.05, 3.63) is 294 Å². The second kappa shape index (κ2) is 16.4. The molecule has 0 saturated carbocycles. The van der Waals surface area contributed by atoms with Crippen molar-refractivity contribution in [2.45, 2.75) is 17.7 Å². The van der Waals surface area contributed by atoms with Crippen molar-refractivity contribution in [3.63, 3.8) is 0 Å². The van der Waals surface area contributed by atoms with Gasteiger partial charge in [-0.1, -0.05) is 212 Å². The maximum Gasteiger partial charge on any atom is 0.132 e. The fourth-order valence-corrected chi connectivity index (χ4v) is 11.2. The first-order chi connectivity index (χ1) is 33.7. The second-order valence-electron chi connectivity index (χ2n) is 17.9. The van der Waals surface area contributed by atoms with Crippen LogP contribution in [0.3, 0.4) is 0 Å². The first kappa shape index (κ1) is 39.8. The molecule has 0 radical (unpaired) electrons. The van der Waals surface area contributed by atoms with Crippen LogP contribution in [0, 0.1) is 0 Å². The van der Waals surface area contributed by atoms with Crippen molar-refractivity contribution >= 4 is 22.9 Å². The third kappa shape index (κ3) is 6.45. The fourth-order valence-electron chi connectivity index (χ4n) is 11.2. The molecule has 2 heterocycles. The lowest BCUT2D eigenvalue weighted by Gasteiger charge is -2.45. The third-order valence-electron chi connectivity index (χ3n) is 14.2. The molecule has 0 bridgehead atoms. The summed E-state index contributed by atoms with van der Waals surface area (Å²) in [7, 11) is 0. The van der Waals surface area contributed by atoms with Crippen LogP contribution in [0.2, 0.25) is 0 Å². The summed E-state index contributed by atoms with van der Waals surface area (Å²) in [6.07, 6.45) is -0.556. The van der Waals surface area contributed by atoms with E-state index in [0.717, 1.165) is 44.9 Å². The van der Waals surface area contributed by atoms with Crippen LogP contribution in [0.1, 0.15) is 51.3 Å². The van der Waals surface area contributed by atoms with Crippen molar-refractivity contribution < 1.29 is 0 Å². The Hall–Kier alpha value is -8.57. The van der Waals surface area contributed by atoms with Crippen molar-refractivity contribution in [2.75, 3.05) is 4.90 Å². The maximum absolute atomic E-state index is 5.57. The topological polar surface area (TPSA) is 39.7 Å². The molecule has 10 aromatic carbocycles. The number of anilines is 3. The van der Waals surface area contributed by atoms with Crippen LogP contribution in [-0.2, 0) is 5.41 Å². The summed E-state index contributed by atoms with van der Waals surface area (Å²) in [6, 6.07) is 92.6. The molecule has 2 unspecified atom stereocenters. The average Bonchev–Trinajstić information content (AvgIpc) is 3.71. The monoisotopic (exact) mass is 870 g/mol. The molecule has 4 nitrogen and oxygen atoms in total. The highest BCUT2D eigenvalue weighted by Crippen LogP contribution is 2.63. The maximum atomic E-state index is 5.57. The van der Waals surface area contributed by atoms with E-state index in [2.05, 4.69) is 270 Å². The molecule has 10 aromatic rings. The number of nitrogens with zero attached hydrogens (tertiary/aromatic N) is 2. The lowest BCUT2D eigenvalue weighted by atomic mass is 9.64. The van der Waals surface area contributed by atoms with Gasteiger partial charge in [-0.3, -0.25) is 5.32 Å². The smallest absolute Gasteiger partial charge is 0.132 e. The van der Waals surface area contributed by atoms with E-state index < -0.39 is 5.41 Å². The highest BCUT2D eigenvalue weighted by molar-refractivity contribution is 6.06. The fraction of sp³-hybridized carbons (Fsp3) is 0.0469. The average molecular weight is 871 g/mol. The van der Waals surface area contributed by atoms with E-state index >= 15 is 0 Å². The Bertz CT molecular complexity index is 3500. The molecule has 322 valence electrons. The van der Waals surface area contributed by atoms with Gasteiger partial charge in [-0.05, 0) is 120 Å². The van der Waals surface area contributed by atoms with E-state index in [-0.39, 0.29) is 12.3 Å². The summed E-state index contributed by atoms with van der Waals surface area (Å²) in [4.78, 5) is 8.01. The molecule has 1 aliphatic carbocycles. The van der Waals surface area contributed by atoms with Gasteiger partial charge in [0.05, 0.1) is 16.8 Å². The number of hydrogen-bond donors (Lipinski definition) is 2. The Balaban J connectivity index is 0.978. The van der Waals surface area contributed by atoms with Gasteiger partial charge in [0, 0.05) is 11.3 Å². The molecular weight excluding hydrogens is 825 g/mol. The number of hydrogen-bond acceptors (Lipinski definition) is 4. The van der Waals surface area contributed by atoms with Crippen molar-refractivity contribution in [1.29, 1.82) is 0 Å². The van der Waals surface area contributed by atoms with Gasteiger partial charge in [0.15, 0.2) is 0 Å². The molecule has 3 aliphatic rings. The van der Waals surface area contributed by atoms with Crippen LogP contribution < -0.4 is 15.5 Å². The SMILES string of the molecule is c1ccc(-c2cccc(C3N=C(c4ccccc4-c4ccc5c(c4)C4(c6ccccc6-5)c5ccccc5N(c5ccccc5)c5ccccc54)NC(c4cccc(-c5ccccc5)c4)N3)c2)cc1. The summed E-state index contributed by atoms with van der Waals surface area (Å²) in [6.45, 7) is 0. The van der Waals surface area contributed by atoms with Gasteiger partial charge >= 0.3 is 0 Å². The van der Waals surface area contributed by atoms with E-state index in [9.17, 15) is 0 Å². The van der Waals surface area contributed by atoms with E-state index in [1.165, 1.54) is 61.4 Å². The zero-order valence-corrected chi connectivity index (χ0v) is 37.3. The Labute approximate surface area is 397 Å². The van der Waals surface area contributed by atoms with E-state index in [4.69, 9.17) is 4.99 Å². The highest BCUT2D eigenvalue weighted by Gasteiger charge is 2.51. The van der Waals surface area contributed by atoms with E-state index in [1.54, 1.807) is 0 Å². The van der Waals surface area contributed by atoms with Crippen molar-refractivity contribution in [2.24, 2.45) is 4.99 Å². The number of benzene rings is 10. The molecule has 1 spiro atoms. The number of rotatable bonds is 7. The summed E-state index contributed by atoms with van der Waals surface area (Å²) in [5.74, 6) is 0.843. The zero-order chi connectivity index (χ0) is 45.0. The minimum Gasteiger partial charge on any atom is -0.350 e. The Morgan fingerprint density at radius 1 is 0.353 bits per heavy atom. The van der Waals surface area contributed by atoms with E-state index in [0.29, 0.717) is 0 Å². The van der Waals surface area contributed by atoms with Gasteiger partial charge in [-0.2, -0.15) is 0 Å². The number of para-hydroxylation sites is 3. The first-order valence-corrected chi connectivity index (χ1v) is 23.5. The number of aliphatic imine (C=N–C) groups is 1. The van der Waals surface area contributed by atoms with Crippen LogP contribution in [0.15, 0.2) is 260 Å². The van der Waals surface area contributed by atoms with Crippen molar-refractivity contribution in [1.82, 2.24) is 10.6 Å². The molecule has 0 aromatic heterocycles. The summed E-state index contributed by atoms with van der Waals surface area (Å²) in [5.41, 5.74) is 20.8. The highest BCUT2D eigenvalue weighted by atomic mass is 15.3. The molecule has 0 saturated heterocycles. The zero-order valence-electron chi connectivity index (χ0n) is 37.3. The largest absolute Gasteiger partial charge is 0.350 e. The number of amidine groups is 1. The second-order valence-corrected chi connectivity index (χ2v) is 17.9. The standard InChI is InChI=1S/C64H46N4/c1-4-20-43(21-5-1)45-24-18-26-48(40-45)61-65-62(49-27-19-25-46(41-49)44-22-6-2-7-23-44)67-63(66-61)54-32-11-10-30-51(54)47-38-39-53-52-31-12-13-33-55(52)64(58(53)42-47)56-34-14-16-36-59(56)68(50-28-8-3-9-29-50)60-37-17-15-35-57(60)64/h1-42,61-62,65H,(H,66,67). The summed E-state index contributed by atoms with van der Waals surface area (Å²) >= 11 is 0. The number of nitrogens with one attached hydrogen (secondary N) is 2. The number of fused-ring (bicyclic) bond motifs is 9. The van der Waals surface area contributed by atoms with Gasteiger partial charge in [0.1, 0.15) is 18.2 Å². The van der Waals surface area contributed by atoms with Gasteiger partial charge in [-0.15, -0.1) is 0 Å². The van der Waals surface area contributed by atoms with Gasteiger partial charge in [-0.25, -0.2) is 4.99 Å². The minimum absolute atomic E-state index is 0.231.